The fraction of sp³-hybridized carbons (Fsp3) is 0. The van der Waals surface area contributed by atoms with Gasteiger partial charge in [0.15, 0.2) is 0 Å². The summed E-state index contributed by atoms with van der Waals surface area (Å²) in [4.78, 5) is 0. The van der Waals surface area contributed by atoms with Crippen molar-refractivity contribution < 1.29 is 4.39 Å². The molecule has 2 aromatic carbocycles. The zero-order valence-electron chi connectivity index (χ0n) is 8.90. The molecule has 2 rings (SSSR count). The van der Waals surface area contributed by atoms with Gasteiger partial charge in [-0.3, -0.25) is 5.43 Å². The largest absolute Gasteiger partial charge is 0.278 e. The van der Waals surface area contributed by atoms with E-state index in [4.69, 9.17) is 11.6 Å². The number of rotatable bonds is 3. The third-order valence-corrected chi connectivity index (χ3v) is 2.32. The van der Waals surface area contributed by atoms with Crippen molar-refractivity contribution >= 4 is 23.5 Å². The third-order valence-electron chi connectivity index (χ3n) is 2.08. The lowest BCUT2D eigenvalue weighted by molar-refractivity contribution is 0.627. The summed E-state index contributed by atoms with van der Waals surface area (Å²) in [5.41, 5.74) is 4.29. The Balaban J connectivity index is 2.03. The molecule has 0 radical (unpaired) electrons. The molecule has 4 heteroatoms. The minimum Gasteiger partial charge on any atom is -0.278 e. The minimum absolute atomic E-state index is 0.281. The molecule has 0 aliphatic carbocycles. The highest BCUT2D eigenvalue weighted by molar-refractivity contribution is 6.30. The van der Waals surface area contributed by atoms with Crippen LogP contribution in [0.15, 0.2) is 53.6 Å². The average Bonchev–Trinajstić information content (AvgIpc) is 2.29. The van der Waals surface area contributed by atoms with E-state index in [-0.39, 0.29) is 5.82 Å². The van der Waals surface area contributed by atoms with Gasteiger partial charge in [0.05, 0.1) is 11.9 Å². The van der Waals surface area contributed by atoms with E-state index in [2.05, 4.69) is 10.5 Å². The third kappa shape index (κ3) is 3.57. The first-order chi connectivity index (χ1) is 8.24. The zero-order valence-corrected chi connectivity index (χ0v) is 9.66. The van der Waals surface area contributed by atoms with Gasteiger partial charge < -0.3 is 0 Å². The van der Waals surface area contributed by atoms with Crippen molar-refractivity contribution in [3.63, 3.8) is 0 Å². The van der Waals surface area contributed by atoms with Crippen LogP contribution in [0.5, 0.6) is 0 Å². The molecule has 0 heterocycles. The molecule has 2 nitrogen and oxygen atoms in total. The minimum atomic E-state index is -0.281. The monoisotopic (exact) mass is 248 g/mol. The topological polar surface area (TPSA) is 24.4 Å². The first-order valence-corrected chi connectivity index (χ1v) is 5.42. The fourth-order valence-electron chi connectivity index (χ4n) is 1.33. The molecule has 0 amide bonds. The summed E-state index contributed by atoms with van der Waals surface area (Å²) in [6.07, 6.45) is 1.55. The maximum absolute atomic E-state index is 12.9. The van der Waals surface area contributed by atoms with E-state index in [9.17, 15) is 4.39 Å². The second-order valence-electron chi connectivity index (χ2n) is 3.44. The van der Waals surface area contributed by atoms with E-state index in [1.54, 1.807) is 30.5 Å². The summed E-state index contributed by atoms with van der Waals surface area (Å²) in [5.74, 6) is -0.281. The van der Waals surface area contributed by atoms with Gasteiger partial charge in [-0.05, 0) is 35.9 Å². The maximum Gasteiger partial charge on any atom is 0.123 e. The van der Waals surface area contributed by atoms with Crippen LogP contribution >= 0.6 is 11.6 Å². The van der Waals surface area contributed by atoms with Gasteiger partial charge in [0.25, 0.3) is 0 Å². The molecule has 0 bridgehead atoms. The summed E-state index contributed by atoms with van der Waals surface area (Å²) < 4.78 is 12.9. The zero-order chi connectivity index (χ0) is 12.1. The number of halogens is 2. The lowest BCUT2D eigenvalue weighted by Gasteiger charge is -1.99. The van der Waals surface area contributed by atoms with Crippen molar-refractivity contribution in [1.29, 1.82) is 0 Å². The molecule has 0 aliphatic heterocycles. The van der Waals surface area contributed by atoms with Crippen LogP contribution < -0.4 is 5.43 Å². The number of hydrazone groups is 1. The molecule has 0 saturated heterocycles. The predicted octanol–water partition coefficient (Wildman–Crippen LogP) is 3.93. The Hall–Kier alpha value is -1.87. The van der Waals surface area contributed by atoms with Gasteiger partial charge >= 0.3 is 0 Å². The highest BCUT2D eigenvalue weighted by Crippen LogP contribution is 2.14. The predicted molar refractivity (Wildman–Crippen MR) is 69.1 cm³/mol. The Bertz CT molecular complexity index is 540. The van der Waals surface area contributed by atoms with E-state index in [0.29, 0.717) is 10.6 Å². The Morgan fingerprint density at radius 3 is 2.71 bits per heavy atom. The van der Waals surface area contributed by atoms with Crippen molar-refractivity contribution in [2.45, 2.75) is 0 Å². The molecule has 0 fully saturated rings. The van der Waals surface area contributed by atoms with Crippen molar-refractivity contribution in [3.05, 3.63) is 64.9 Å². The van der Waals surface area contributed by atoms with Crippen molar-refractivity contribution in [2.75, 3.05) is 5.43 Å². The lowest BCUT2D eigenvalue weighted by Crippen LogP contribution is -1.90. The van der Waals surface area contributed by atoms with Crippen molar-refractivity contribution in [1.82, 2.24) is 0 Å². The second-order valence-corrected chi connectivity index (χ2v) is 3.87. The summed E-state index contributed by atoms with van der Waals surface area (Å²) >= 11 is 5.82. The molecular formula is C13H10ClFN2. The van der Waals surface area contributed by atoms with Crippen molar-refractivity contribution in [3.8, 4) is 0 Å². The highest BCUT2D eigenvalue weighted by atomic mass is 35.5. The molecule has 17 heavy (non-hydrogen) atoms. The van der Waals surface area contributed by atoms with Gasteiger partial charge in [-0.15, -0.1) is 0 Å². The van der Waals surface area contributed by atoms with E-state index in [1.807, 2.05) is 12.1 Å². The van der Waals surface area contributed by atoms with E-state index < -0.39 is 0 Å². The smallest absolute Gasteiger partial charge is 0.123 e. The van der Waals surface area contributed by atoms with Gasteiger partial charge in [0.1, 0.15) is 5.82 Å². The molecule has 1 N–H and O–H groups in total. The molecule has 0 unspecified atom stereocenters. The Kier molecular flexibility index (Phi) is 3.73. The van der Waals surface area contributed by atoms with Gasteiger partial charge in [-0.2, -0.15) is 5.10 Å². The van der Waals surface area contributed by atoms with Gasteiger partial charge in [-0.1, -0.05) is 29.8 Å². The molecule has 0 saturated carbocycles. The molecule has 86 valence electrons. The second kappa shape index (κ2) is 5.46. The van der Waals surface area contributed by atoms with Crippen LogP contribution in [0.2, 0.25) is 5.02 Å². The molecule has 0 aliphatic rings. The molecule has 2 aromatic rings. The van der Waals surface area contributed by atoms with Crippen LogP contribution in [0, 0.1) is 5.82 Å². The number of benzene rings is 2. The normalized spacial score (nSPS) is 10.7. The van der Waals surface area contributed by atoms with Crippen LogP contribution in [0.3, 0.4) is 0 Å². The van der Waals surface area contributed by atoms with Crippen LogP contribution in [-0.2, 0) is 0 Å². The van der Waals surface area contributed by atoms with Crippen LogP contribution in [0.1, 0.15) is 5.56 Å². The molecule has 0 atom stereocenters. The van der Waals surface area contributed by atoms with Gasteiger partial charge in [-0.25, -0.2) is 4.39 Å². The summed E-state index contributed by atoms with van der Waals surface area (Å²) in [5, 5.41) is 4.63. The van der Waals surface area contributed by atoms with Crippen LogP contribution in [-0.4, -0.2) is 6.21 Å². The maximum atomic E-state index is 12.9. The highest BCUT2D eigenvalue weighted by Gasteiger charge is 1.92. The Morgan fingerprint density at radius 1 is 1.12 bits per heavy atom. The first-order valence-electron chi connectivity index (χ1n) is 5.04. The van der Waals surface area contributed by atoms with E-state index in [0.717, 1.165) is 5.69 Å². The van der Waals surface area contributed by atoms with E-state index in [1.165, 1.54) is 12.1 Å². The Labute approximate surface area is 104 Å². The summed E-state index contributed by atoms with van der Waals surface area (Å²) in [6.45, 7) is 0. The average molecular weight is 249 g/mol. The quantitative estimate of drug-likeness (QED) is 0.646. The number of anilines is 1. The number of hydrogen-bond acceptors (Lipinski definition) is 2. The molecule has 0 aromatic heterocycles. The van der Waals surface area contributed by atoms with Gasteiger partial charge in [0.2, 0.25) is 0 Å². The standard InChI is InChI=1S/C13H10ClFN2/c14-11-4-2-6-13(8-11)17-16-9-10-3-1-5-12(15)7-10/h1-9,17H/b16-9-. The van der Waals surface area contributed by atoms with Crippen LogP contribution in [0.25, 0.3) is 0 Å². The summed E-state index contributed by atoms with van der Waals surface area (Å²) in [7, 11) is 0. The first kappa shape index (κ1) is 11.6. The van der Waals surface area contributed by atoms with Crippen LogP contribution in [0.4, 0.5) is 10.1 Å². The SMILES string of the molecule is Fc1cccc(/C=N\Nc2cccc(Cl)c2)c1. The summed E-state index contributed by atoms with van der Waals surface area (Å²) in [6, 6.07) is 13.4. The fourth-order valence-corrected chi connectivity index (χ4v) is 1.52. The van der Waals surface area contributed by atoms with Crippen molar-refractivity contribution in [2.24, 2.45) is 5.10 Å². The number of nitrogens with one attached hydrogen (secondary N) is 1. The number of hydrogen-bond donors (Lipinski definition) is 1. The lowest BCUT2D eigenvalue weighted by atomic mass is 10.2. The molecule has 0 spiro atoms. The Morgan fingerprint density at radius 2 is 1.94 bits per heavy atom. The number of nitrogens with zero attached hydrogens (tertiary/aromatic N) is 1. The van der Waals surface area contributed by atoms with E-state index >= 15 is 0 Å². The van der Waals surface area contributed by atoms with Gasteiger partial charge in [0, 0.05) is 5.02 Å². The molecular weight excluding hydrogens is 239 g/mol.